The van der Waals surface area contributed by atoms with Gasteiger partial charge in [0.25, 0.3) is 0 Å². The van der Waals surface area contributed by atoms with E-state index >= 15 is 0 Å². The minimum atomic E-state index is -0.0639. The summed E-state index contributed by atoms with van der Waals surface area (Å²) in [6.07, 6.45) is 0.572. The van der Waals surface area contributed by atoms with Crippen LogP contribution in [0.25, 0.3) is 0 Å². The van der Waals surface area contributed by atoms with Crippen LogP contribution in [0.15, 0.2) is 18.2 Å². The van der Waals surface area contributed by atoms with Crippen LogP contribution in [-0.2, 0) is 4.79 Å². The zero-order valence-corrected chi connectivity index (χ0v) is 9.64. The smallest absolute Gasteiger partial charge is 0.216 e. The summed E-state index contributed by atoms with van der Waals surface area (Å²) >= 11 is 5.65. The molecule has 2 N–H and O–H groups in total. The van der Waals surface area contributed by atoms with Crippen molar-refractivity contribution in [1.29, 1.82) is 0 Å². The summed E-state index contributed by atoms with van der Waals surface area (Å²) in [4.78, 5) is 10.6. The summed E-state index contributed by atoms with van der Waals surface area (Å²) in [5.74, 6) is 5.71. The van der Waals surface area contributed by atoms with Crippen LogP contribution in [0.1, 0.15) is 18.9 Å². The van der Waals surface area contributed by atoms with Crippen molar-refractivity contribution < 1.29 is 9.90 Å². The van der Waals surface area contributed by atoms with Gasteiger partial charge in [0.15, 0.2) is 0 Å². The first-order chi connectivity index (χ1) is 7.59. The quantitative estimate of drug-likeness (QED) is 0.610. The molecule has 3 nitrogen and oxygen atoms in total. The molecule has 0 atom stereocenters. The fourth-order valence-corrected chi connectivity index (χ4v) is 1.17. The van der Waals surface area contributed by atoms with Gasteiger partial charge in [-0.15, -0.1) is 0 Å². The average Bonchev–Trinajstić information content (AvgIpc) is 2.22. The number of hydrogen-bond acceptors (Lipinski definition) is 2. The Hall–Kier alpha value is -1.66. The van der Waals surface area contributed by atoms with Crippen LogP contribution in [0.2, 0.25) is 5.02 Å². The van der Waals surface area contributed by atoms with Crippen LogP contribution in [0.3, 0.4) is 0 Å². The van der Waals surface area contributed by atoms with Gasteiger partial charge >= 0.3 is 0 Å². The van der Waals surface area contributed by atoms with Gasteiger partial charge in [-0.3, -0.25) is 4.79 Å². The van der Waals surface area contributed by atoms with E-state index in [9.17, 15) is 9.90 Å². The Morgan fingerprint density at radius 3 is 2.94 bits per heavy atom. The van der Waals surface area contributed by atoms with E-state index in [0.717, 1.165) is 0 Å². The molecule has 0 radical (unpaired) electrons. The van der Waals surface area contributed by atoms with Crippen molar-refractivity contribution in [2.75, 3.05) is 6.54 Å². The number of halogens is 1. The molecular formula is C12H12ClNO2. The Bertz CT molecular complexity index is 446. The van der Waals surface area contributed by atoms with E-state index in [1.54, 1.807) is 12.1 Å². The summed E-state index contributed by atoms with van der Waals surface area (Å²) in [5.41, 5.74) is 0.699. The van der Waals surface area contributed by atoms with Crippen molar-refractivity contribution in [1.82, 2.24) is 5.32 Å². The Morgan fingerprint density at radius 1 is 1.56 bits per heavy atom. The summed E-state index contributed by atoms with van der Waals surface area (Å²) in [6.45, 7) is 1.99. The number of hydrogen-bond donors (Lipinski definition) is 2. The molecule has 0 aliphatic carbocycles. The van der Waals surface area contributed by atoms with Crippen molar-refractivity contribution in [3.8, 4) is 17.6 Å². The van der Waals surface area contributed by atoms with Gasteiger partial charge in [0, 0.05) is 25.5 Å². The van der Waals surface area contributed by atoms with E-state index in [2.05, 4.69) is 17.2 Å². The molecule has 0 saturated heterocycles. The fraction of sp³-hybridized carbons (Fsp3) is 0.250. The Labute approximate surface area is 99.4 Å². The Kier molecular flexibility index (Phi) is 4.68. The van der Waals surface area contributed by atoms with E-state index in [4.69, 9.17) is 11.6 Å². The maximum Gasteiger partial charge on any atom is 0.216 e. The van der Waals surface area contributed by atoms with Gasteiger partial charge < -0.3 is 10.4 Å². The molecule has 1 rings (SSSR count). The lowest BCUT2D eigenvalue weighted by Crippen LogP contribution is -2.20. The van der Waals surface area contributed by atoms with E-state index < -0.39 is 0 Å². The van der Waals surface area contributed by atoms with Gasteiger partial charge in [0.2, 0.25) is 5.91 Å². The SMILES string of the molecule is CC(=O)NCCC#Cc1ccc(Cl)c(O)c1. The highest BCUT2D eigenvalue weighted by molar-refractivity contribution is 6.32. The van der Waals surface area contributed by atoms with E-state index in [0.29, 0.717) is 23.6 Å². The van der Waals surface area contributed by atoms with Gasteiger partial charge in [0.1, 0.15) is 5.75 Å². The van der Waals surface area contributed by atoms with Crippen LogP contribution in [0.5, 0.6) is 5.75 Å². The molecular weight excluding hydrogens is 226 g/mol. The normalized spacial score (nSPS) is 9.12. The molecule has 4 heteroatoms. The number of nitrogens with one attached hydrogen (secondary N) is 1. The van der Waals surface area contributed by atoms with Gasteiger partial charge in [-0.05, 0) is 18.2 Å². The highest BCUT2D eigenvalue weighted by atomic mass is 35.5. The van der Waals surface area contributed by atoms with Crippen LogP contribution >= 0.6 is 11.6 Å². The number of benzene rings is 1. The molecule has 1 aromatic carbocycles. The number of aromatic hydroxyl groups is 1. The number of amides is 1. The van der Waals surface area contributed by atoms with E-state index in [1.807, 2.05) is 0 Å². The maximum atomic E-state index is 10.6. The van der Waals surface area contributed by atoms with Crippen molar-refractivity contribution in [2.24, 2.45) is 0 Å². The molecule has 0 aromatic heterocycles. The first kappa shape index (κ1) is 12.4. The van der Waals surface area contributed by atoms with Crippen molar-refractivity contribution in [3.05, 3.63) is 28.8 Å². The summed E-state index contributed by atoms with van der Waals surface area (Å²) in [7, 11) is 0. The summed E-state index contributed by atoms with van der Waals surface area (Å²) in [6, 6.07) is 4.83. The minimum Gasteiger partial charge on any atom is -0.506 e. The van der Waals surface area contributed by atoms with E-state index in [-0.39, 0.29) is 11.7 Å². The van der Waals surface area contributed by atoms with Crippen molar-refractivity contribution in [2.45, 2.75) is 13.3 Å². The average molecular weight is 238 g/mol. The lowest BCUT2D eigenvalue weighted by atomic mass is 10.2. The zero-order chi connectivity index (χ0) is 12.0. The minimum absolute atomic E-state index is 0.0235. The second-order valence-corrected chi connectivity index (χ2v) is 3.61. The monoisotopic (exact) mass is 237 g/mol. The van der Waals surface area contributed by atoms with Gasteiger partial charge in [-0.2, -0.15) is 0 Å². The summed E-state index contributed by atoms with van der Waals surface area (Å²) in [5, 5.41) is 12.3. The molecule has 0 aliphatic rings. The predicted octanol–water partition coefficient (Wildman–Crippen LogP) is 1.92. The third-order valence-electron chi connectivity index (χ3n) is 1.80. The number of rotatable bonds is 2. The van der Waals surface area contributed by atoms with Gasteiger partial charge in [0.05, 0.1) is 5.02 Å². The van der Waals surface area contributed by atoms with Crippen molar-refractivity contribution >= 4 is 17.5 Å². The van der Waals surface area contributed by atoms with Crippen LogP contribution in [0.4, 0.5) is 0 Å². The third-order valence-corrected chi connectivity index (χ3v) is 2.12. The standard InChI is InChI=1S/C12H12ClNO2/c1-9(15)14-7-3-2-4-10-5-6-11(13)12(16)8-10/h5-6,8,16H,3,7H2,1H3,(H,14,15). The van der Waals surface area contributed by atoms with Crippen molar-refractivity contribution in [3.63, 3.8) is 0 Å². The number of carbonyl (C=O) groups excluding carboxylic acids is 1. The molecule has 0 heterocycles. The lowest BCUT2D eigenvalue weighted by Gasteiger charge is -1.96. The van der Waals surface area contributed by atoms with Gasteiger partial charge in [-0.25, -0.2) is 0 Å². The molecule has 1 aromatic rings. The van der Waals surface area contributed by atoms with E-state index in [1.165, 1.54) is 13.0 Å². The molecule has 16 heavy (non-hydrogen) atoms. The molecule has 0 aliphatic heterocycles. The molecule has 0 fully saturated rings. The highest BCUT2D eigenvalue weighted by Crippen LogP contribution is 2.23. The fourth-order valence-electron chi connectivity index (χ4n) is 1.06. The predicted molar refractivity (Wildman–Crippen MR) is 63.3 cm³/mol. The molecule has 0 unspecified atom stereocenters. The lowest BCUT2D eigenvalue weighted by molar-refractivity contribution is -0.118. The number of phenols is 1. The van der Waals surface area contributed by atoms with Crippen LogP contribution in [-0.4, -0.2) is 17.6 Å². The largest absolute Gasteiger partial charge is 0.506 e. The Balaban J connectivity index is 2.50. The summed E-state index contributed by atoms with van der Waals surface area (Å²) < 4.78 is 0. The third kappa shape index (κ3) is 4.24. The van der Waals surface area contributed by atoms with Gasteiger partial charge in [-0.1, -0.05) is 23.4 Å². The molecule has 0 bridgehead atoms. The molecule has 0 saturated carbocycles. The highest BCUT2D eigenvalue weighted by Gasteiger charge is 1.96. The zero-order valence-electron chi connectivity index (χ0n) is 8.88. The topological polar surface area (TPSA) is 49.3 Å². The number of phenolic OH excluding ortho intramolecular Hbond substituents is 1. The number of carbonyl (C=O) groups is 1. The van der Waals surface area contributed by atoms with Crippen LogP contribution < -0.4 is 5.32 Å². The second-order valence-electron chi connectivity index (χ2n) is 3.20. The Morgan fingerprint density at radius 2 is 2.31 bits per heavy atom. The van der Waals surface area contributed by atoms with Crippen LogP contribution in [0, 0.1) is 11.8 Å². The maximum absolute atomic E-state index is 10.6. The molecule has 1 amide bonds. The second kappa shape index (κ2) is 6.04. The first-order valence-electron chi connectivity index (χ1n) is 4.81. The molecule has 84 valence electrons. The first-order valence-corrected chi connectivity index (χ1v) is 5.19. The molecule has 0 spiro atoms.